The summed E-state index contributed by atoms with van der Waals surface area (Å²) in [5, 5.41) is 19.9. The first-order valence-electron chi connectivity index (χ1n) is 8.77. The zero-order valence-electron chi connectivity index (χ0n) is 15.8. The Bertz CT molecular complexity index is 1110. The van der Waals surface area contributed by atoms with Crippen LogP contribution in [0.15, 0.2) is 64.6 Å². The predicted molar refractivity (Wildman–Crippen MR) is 114 cm³/mol. The summed E-state index contributed by atoms with van der Waals surface area (Å²) in [6, 6.07) is 14.6. The lowest BCUT2D eigenvalue weighted by molar-refractivity contribution is 0.101. The Morgan fingerprint density at radius 1 is 1.10 bits per heavy atom. The van der Waals surface area contributed by atoms with Crippen LogP contribution in [0.2, 0.25) is 0 Å². The van der Waals surface area contributed by atoms with E-state index < -0.39 is 0 Å². The molecule has 0 radical (unpaired) electrons. The number of hydrogen-bond acceptors (Lipinski definition) is 8. The normalized spacial score (nSPS) is 10.6. The van der Waals surface area contributed by atoms with Crippen LogP contribution < -0.4 is 15.5 Å². The Hall–Kier alpha value is -3.72. The largest absolute Gasteiger partial charge is 0.376 e. The van der Waals surface area contributed by atoms with Gasteiger partial charge in [0.05, 0.1) is 16.8 Å². The third-order valence-electron chi connectivity index (χ3n) is 4.08. The number of nitrogens with zero attached hydrogens (tertiary/aromatic N) is 4. The minimum Gasteiger partial charge on any atom is -0.376 e. The van der Waals surface area contributed by atoms with Crippen molar-refractivity contribution in [2.24, 2.45) is 0 Å². The molecule has 4 rings (SSSR count). The number of anilines is 4. The van der Waals surface area contributed by atoms with E-state index in [1.807, 2.05) is 54.7 Å². The minimum absolute atomic E-state index is 0.228. The highest BCUT2D eigenvalue weighted by Gasteiger charge is 2.14. The summed E-state index contributed by atoms with van der Waals surface area (Å²) in [7, 11) is 3.88. The van der Waals surface area contributed by atoms with Crippen molar-refractivity contribution < 1.29 is 9.32 Å². The molecule has 1 aromatic carbocycles. The number of carbonyl (C=O) groups excluding carboxylic acids is 1. The topological polar surface area (TPSA) is 96.2 Å². The first-order chi connectivity index (χ1) is 14.1. The number of aromatic nitrogens is 3. The molecule has 4 aromatic rings. The van der Waals surface area contributed by atoms with Crippen LogP contribution in [0.3, 0.4) is 0 Å². The lowest BCUT2D eigenvalue weighted by Crippen LogP contribution is -2.12. The maximum atomic E-state index is 12.4. The highest BCUT2D eigenvalue weighted by Crippen LogP contribution is 2.25. The molecule has 0 saturated heterocycles. The quantitative estimate of drug-likeness (QED) is 0.494. The van der Waals surface area contributed by atoms with Gasteiger partial charge in [0.1, 0.15) is 0 Å². The fourth-order valence-electron chi connectivity index (χ4n) is 2.56. The second-order valence-electron chi connectivity index (χ2n) is 6.40. The Labute approximate surface area is 171 Å². The summed E-state index contributed by atoms with van der Waals surface area (Å²) in [5.41, 5.74) is 2.65. The van der Waals surface area contributed by atoms with Gasteiger partial charge in [0.15, 0.2) is 17.3 Å². The fraction of sp³-hybridized carbons (Fsp3) is 0.100. The predicted octanol–water partition coefficient (Wildman–Crippen LogP) is 4.26. The Kier molecular flexibility index (Phi) is 5.21. The summed E-state index contributed by atoms with van der Waals surface area (Å²) in [6.07, 6.45) is 1.69. The third-order valence-corrected chi connectivity index (χ3v) is 4.96. The molecule has 0 unspecified atom stereocenters. The second-order valence-corrected chi connectivity index (χ2v) is 7.35. The summed E-state index contributed by atoms with van der Waals surface area (Å²) in [6.45, 7) is 0. The van der Waals surface area contributed by atoms with Crippen molar-refractivity contribution in [3.8, 4) is 10.6 Å². The Morgan fingerprint density at radius 2 is 1.90 bits per heavy atom. The molecule has 9 heteroatoms. The molecular weight excluding hydrogens is 388 g/mol. The number of rotatable bonds is 6. The summed E-state index contributed by atoms with van der Waals surface area (Å²) >= 11 is 1.53. The molecule has 0 fully saturated rings. The second kappa shape index (κ2) is 8.11. The standard InChI is InChI=1S/C20H18N6O2S/c1-26(2)15-10-19(24-21-12-15)22-13-5-7-14(8-6-13)23-20(27)16-11-17(28-25-16)18-4-3-9-29-18/h3-12H,1-2H3,(H,22,24)(H,23,27). The maximum Gasteiger partial charge on any atom is 0.277 e. The van der Waals surface area contributed by atoms with Crippen LogP contribution in [0, 0.1) is 0 Å². The smallest absolute Gasteiger partial charge is 0.277 e. The van der Waals surface area contributed by atoms with E-state index in [0.717, 1.165) is 16.3 Å². The van der Waals surface area contributed by atoms with Gasteiger partial charge in [0.25, 0.3) is 5.91 Å². The molecular formula is C20H18N6O2S. The monoisotopic (exact) mass is 406 g/mol. The van der Waals surface area contributed by atoms with E-state index in [1.165, 1.54) is 11.3 Å². The van der Waals surface area contributed by atoms with Gasteiger partial charge in [0.2, 0.25) is 0 Å². The third kappa shape index (κ3) is 4.41. The molecule has 0 spiro atoms. The van der Waals surface area contributed by atoms with Crippen LogP contribution in [-0.2, 0) is 0 Å². The number of hydrogen-bond donors (Lipinski definition) is 2. The van der Waals surface area contributed by atoms with Crippen LogP contribution in [0.5, 0.6) is 0 Å². The van der Waals surface area contributed by atoms with E-state index in [1.54, 1.807) is 24.4 Å². The van der Waals surface area contributed by atoms with Crippen LogP contribution in [0.4, 0.5) is 22.9 Å². The van der Waals surface area contributed by atoms with Gasteiger partial charge < -0.3 is 20.1 Å². The van der Waals surface area contributed by atoms with E-state index in [9.17, 15) is 4.79 Å². The van der Waals surface area contributed by atoms with Gasteiger partial charge in [-0.3, -0.25) is 4.79 Å². The van der Waals surface area contributed by atoms with E-state index in [2.05, 4.69) is 26.0 Å². The zero-order chi connectivity index (χ0) is 20.2. The number of benzene rings is 1. The van der Waals surface area contributed by atoms with Crippen LogP contribution >= 0.6 is 11.3 Å². The molecule has 0 bridgehead atoms. The first kappa shape index (κ1) is 18.6. The Balaban J connectivity index is 1.40. The van der Waals surface area contributed by atoms with E-state index >= 15 is 0 Å². The van der Waals surface area contributed by atoms with E-state index in [0.29, 0.717) is 17.3 Å². The van der Waals surface area contributed by atoms with Crippen molar-refractivity contribution >= 4 is 40.1 Å². The van der Waals surface area contributed by atoms with Gasteiger partial charge in [0, 0.05) is 37.6 Å². The maximum absolute atomic E-state index is 12.4. The SMILES string of the molecule is CN(C)c1cnnc(Nc2ccc(NC(=O)c3cc(-c4cccs4)on3)cc2)c1. The van der Waals surface area contributed by atoms with E-state index in [4.69, 9.17) is 4.52 Å². The molecule has 0 aliphatic rings. The highest BCUT2D eigenvalue weighted by atomic mass is 32.1. The molecule has 2 N–H and O–H groups in total. The van der Waals surface area contributed by atoms with Crippen molar-refractivity contribution in [3.63, 3.8) is 0 Å². The number of amides is 1. The average Bonchev–Trinajstić information content (AvgIpc) is 3.41. The number of thiophene rings is 1. The molecule has 8 nitrogen and oxygen atoms in total. The highest BCUT2D eigenvalue weighted by molar-refractivity contribution is 7.13. The van der Waals surface area contributed by atoms with E-state index in [-0.39, 0.29) is 11.6 Å². The first-order valence-corrected chi connectivity index (χ1v) is 9.65. The van der Waals surface area contributed by atoms with Gasteiger partial charge in [-0.1, -0.05) is 11.2 Å². The van der Waals surface area contributed by atoms with Crippen molar-refractivity contribution in [2.75, 3.05) is 29.6 Å². The summed E-state index contributed by atoms with van der Waals surface area (Å²) in [4.78, 5) is 15.3. The number of nitrogens with one attached hydrogen (secondary N) is 2. The van der Waals surface area contributed by atoms with Gasteiger partial charge in [-0.05, 0) is 35.7 Å². The van der Waals surface area contributed by atoms with Gasteiger partial charge in [-0.25, -0.2) is 0 Å². The molecule has 146 valence electrons. The minimum atomic E-state index is -0.332. The summed E-state index contributed by atoms with van der Waals surface area (Å²) in [5.74, 6) is 0.879. The molecule has 0 aliphatic carbocycles. The molecule has 29 heavy (non-hydrogen) atoms. The zero-order valence-corrected chi connectivity index (χ0v) is 16.6. The molecule has 0 atom stereocenters. The lowest BCUT2D eigenvalue weighted by Gasteiger charge is -2.13. The van der Waals surface area contributed by atoms with Gasteiger partial charge in [-0.15, -0.1) is 16.4 Å². The van der Waals surface area contributed by atoms with Crippen molar-refractivity contribution in [1.82, 2.24) is 15.4 Å². The van der Waals surface area contributed by atoms with Crippen molar-refractivity contribution in [3.05, 3.63) is 65.8 Å². The summed E-state index contributed by atoms with van der Waals surface area (Å²) < 4.78 is 5.25. The molecule has 0 aliphatic heterocycles. The fourth-order valence-corrected chi connectivity index (χ4v) is 3.23. The average molecular weight is 406 g/mol. The number of carbonyl (C=O) groups is 1. The van der Waals surface area contributed by atoms with Crippen LogP contribution in [-0.4, -0.2) is 35.4 Å². The van der Waals surface area contributed by atoms with Crippen LogP contribution in [0.25, 0.3) is 10.6 Å². The lowest BCUT2D eigenvalue weighted by atomic mass is 10.2. The van der Waals surface area contributed by atoms with Crippen molar-refractivity contribution in [2.45, 2.75) is 0 Å². The van der Waals surface area contributed by atoms with Crippen molar-refractivity contribution in [1.29, 1.82) is 0 Å². The van der Waals surface area contributed by atoms with Gasteiger partial charge >= 0.3 is 0 Å². The molecule has 3 heterocycles. The van der Waals surface area contributed by atoms with Gasteiger partial charge in [-0.2, -0.15) is 5.10 Å². The molecule has 3 aromatic heterocycles. The molecule has 1 amide bonds. The van der Waals surface area contributed by atoms with Crippen LogP contribution in [0.1, 0.15) is 10.5 Å². The molecule has 0 saturated carbocycles. The Morgan fingerprint density at radius 3 is 2.62 bits per heavy atom.